The van der Waals surface area contributed by atoms with Gasteiger partial charge in [0.15, 0.2) is 17.3 Å². The molecule has 7 nitrogen and oxygen atoms in total. The first kappa shape index (κ1) is 15.7. The molecule has 2 heterocycles. The number of carbonyl (C=O) groups is 2. The number of fused-ring (bicyclic) bond motifs is 1. The van der Waals surface area contributed by atoms with Crippen LogP contribution < -0.4 is 20.1 Å². The Bertz CT molecular complexity index is 780. The van der Waals surface area contributed by atoms with Gasteiger partial charge in [0, 0.05) is 6.54 Å². The van der Waals surface area contributed by atoms with Gasteiger partial charge < -0.3 is 24.5 Å². The maximum Gasteiger partial charge on any atom is 0.291 e. The van der Waals surface area contributed by atoms with Crippen molar-refractivity contribution in [3.63, 3.8) is 0 Å². The minimum Gasteiger partial charge on any atom is -0.459 e. The van der Waals surface area contributed by atoms with Gasteiger partial charge in [0.25, 0.3) is 11.8 Å². The predicted octanol–water partition coefficient (Wildman–Crippen LogP) is 1.92. The zero-order valence-electron chi connectivity index (χ0n) is 13.0. The molecule has 1 aromatic carbocycles. The SMILES string of the molecule is CCNC(=O)/C(=C/c1ccc2c(c1)OCO2)NC(=O)c1ccco1. The summed E-state index contributed by atoms with van der Waals surface area (Å²) >= 11 is 0. The molecular weight excluding hydrogens is 312 g/mol. The Kier molecular flexibility index (Phi) is 4.51. The molecule has 2 amide bonds. The number of furan rings is 1. The highest BCUT2D eigenvalue weighted by Crippen LogP contribution is 2.33. The summed E-state index contributed by atoms with van der Waals surface area (Å²) in [5.41, 5.74) is 0.803. The van der Waals surface area contributed by atoms with E-state index < -0.39 is 11.8 Å². The molecule has 124 valence electrons. The smallest absolute Gasteiger partial charge is 0.291 e. The van der Waals surface area contributed by atoms with Crippen molar-refractivity contribution in [1.29, 1.82) is 0 Å². The quantitative estimate of drug-likeness (QED) is 0.819. The minimum absolute atomic E-state index is 0.108. The number of carbonyl (C=O) groups excluding carboxylic acids is 2. The predicted molar refractivity (Wildman–Crippen MR) is 85.4 cm³/mol. The lowest BCUT2D eigenvalue weighted by molar-refractivity contribution is -0.117. The molecule has 0 saturated carbocycles. The summed E-state index contributed by atoms with van der Waals surface area (Å²) in [5.74, 6) is 0.465. The van der Waals surface area contributed by atoms with Crippen LogP contribution in [0, 0.1) is 0 Å². The van der Waals surface area contributed by atoms with Crippen LogP contribution in [0.1, 0.15) is 23.0 Å². The molecule has 0 atom stereocenters. The van der Waals surface area contributed by atoms with E-state index in [2.05, 4.69) is 10.6 Å². The fraction of sp³-hybridized carbons (Fsp3) is 0.176. The van der Waals surface area contributed by atoms with Crippen LogP contribution >= 0.6 is 0 Å². The Morgan fingerprint density at radius 3 is 2.79 bits per heavy atom. The van der Waals surface area contributed by atoms with Crippen LogP contribution in [-0.2, 0) is 4.79 Å². The second-order valence-corrected chi connectivity index (χ2v) is 4.96. The van der Waals surface area contributed by atoms with Gasteiger partial charge in [-0.2, -0.15) is 0 Å². The Hall–Kier alpha value is -3.22. The highest BCUT2D eigenvalue weighted by Gasteiger charge is 2.17. The van der Waals surface area contributed by atoms with Gasteiger partial charge in [-0.15, -0.1) is 0 Å². The van der Waals surface area contributed by atoms with Crippen LogP contribution in [0.5, 0.6) is 11.5 Å². The first-order valence-electron chi connectivity index (χ1n) is 7.42. The number of nitrogens with one attached hydrogen (secondary N) is 2. The Morgan fingerprint density at radius 1 is 1.21 bits per heavy atom. The van der Waals surface area contributed by atoms with Gasteiger partial charge >= 0.3 is 0 Å². The second kappa shape index (κ2) is 6.91. The molecule has 1 aliphatic heterocycles. The Morgan fingerprint density at radius 2 is 2.04 bits per heavy atom. The number of ether oxygens (including phenoxy) is 2. The average molecular weight is 328 g/mol. The third kappa shape index (κ3) is 3.40. The number of benzene rings is 1. The molecule has 3 rings (SSSR count). The lowest BCUT2D eigenvalue weighted by Gasteiger charge is -2.09. The van der Waals surface area contributed by atoms with Gasteiger partial charge in [-0.3, -0.25) is 9.59 Å². The van der Waals surface area contributed by atoms with Crippen molar-refractivity contribution in [2.75, 3.05) is 13.3 Å². The van der Waals surface area contributed by atoms with E-state index in [1.54, 1.807) is 37.3 Å². The molecule has 0 fully saturated rings. The normalized spacial score (nSPS) is 12.8. The lowest BCUT2D eigenvalue weighted by Crippen LogP contribution is -2.34. The third-order valence-corrected chi connectivity index (χ3v) is 3.28. The fourth-order valence-corrected chi connectivity index (χ4v) is 2.18. The van der Waals surface area contributed by atoms with E-state index in [9.17, 15) is 9.59 Å². The van der Waals surface area contributed by atoms with Crippen LogP contribution in [0.15, 0.2) is 46.7 Å². The van der Waals surface area contributed by atoms with Gasteiger partial charge in [0.05, 0.1) is 6.26 Å². The van der Waals surface area contributed by atoms with Gasteiger partial charge in [0.1, 0.15) is 5.70 Å². The zero-order chi connectivity index (χ0) is 16.9. The van der Waals surface area contributed by atoms with Crippen molar-refractivity contribution < 1.29 is 23.5 Å². The van der Waals surface area contributed by atoms with Crippen LogP contribution in [-0.4, -0.2) is 25.2 Å². The summed E-state index contributed by atoms with van der Waals surface area (Å²) in [5, 5.41) is 5.22. The number of hydrogen-bond acceptors (Lipinski definition) is 5. The van der Waals surface area contributed by atoms with E-state index in [-0.39, 0.29) is 18.3 Å². The Labute approximate surface area is 138 Å². The van der Waals surface area contributed by atoms with Gasteiger partial charge in [-0.05, 0) is 42.8 Å². The molecule has 0 radical (unpaired) electrons. The molecular formula is C17H16N2O5. The molecule has 0 unspecified atom stereocenters. The van der Waals surface area contributed by atoms with E-state index in [1.165, 1.54) is 12.3 Å². The fourth-order valence-electron chi connectivity index (χ4n) is 2.18. The highest BCUT2D eigenvalue weighted by molar-refractivity contribution is 6.04. The van der Waals surface area contributed by atoms with Gasteiger partial charge in [-0.25, -0.2) is 0 Å². The summed E-state index contributed by atoms with van der Waals surface area (Å²) in [6.45, 7) is 2.40. The topological polar surface area (TPSA) is 89.8 Å². The molecule has 24 heavy (non-hydrogen) atoms. The maximum absolute atomic E-state index is 12.2. The van der Waals surface area contributed by atoms with Crippen molar-refractivity contribution in [2.45, 2.75) is 6.92 Å². The van der Waals surface area contributed by atoms with Crippen LogP contribution in [0.3, 0.4) is 0 Å². The van der Waals surface area contributed by atoms with E-state index in [0.717, 1.165) is 0 Å². The average Bonchev–Trinajstić information content (AvgIpc) is 3.25. The standard InChI is InChI=1S/C17H16N2O5/c1-2-18-16(20)12(19-17(21)14-4-3-7-22-14)8-11-5-6-13-15(9-11)24-10-23-13/h3-9H,2,10H2,1H3,(H,18,20)(H,19,21)/b12-8-. The van der Waals surface area contributed by atoms with Crippen molar-refractivity contribution in [1.82, 2.24) is 10.6 Å². The van der Waals surface area contributed by atoms with Gasteiger partial charge in [0.2, 0.25) is 6.79 Å². The molecule has 1 aliphatic rings. The number of rotatable bonds is 5. The molecule has 0 bridgehead atoms. The van der Waals surface area contributed by atoms with E-state index >= 15 is 0 Å². The first-order valence-corrected chi connectivity index (χ1v) is 7.42. The monoisotopic (exact) mass is 328 g/mol. The zero-order valence-corrected chi connectivity index (χ0v) is 13.0. The summed E-state index contributed by atoms with van der Waals surface area (Å²) in [6, 6.07) is 8.37. The summed E-state index contributed by atoms with van der Waals surface area (Å²) in [6.07, 6.45) is 2.95. The summed E-state index contributed by atoms with van der Waals surface area (Å²) in [4.78, 5) is 24.3. The van der Waals surface area contributed by atoms with E-state index in [0.29, 0.717) is 23.6 Å². The van der Waals surface area contributed by atoms with E-state index in [4.69, 9.17) is 13.9 Å². The van der Waals surface area contributed by atoms with E-state index in [1.807, 2.05) is 0 Å². The first-order chi connectivity index (χ1) is 11.7. The van der Waals surface area contributed by atoms with Crippen molar-refractivity contribution in [3.05, 3.63) is 53.6 Å². The van der Waals surface area contributed by atoms with Crippen LogP contribution in [0.2, 0.25) is 0 Å². The van der Waals surface area contributed by atoms with Crippen LogP contribution in [0.4, 0.5) is 0 Å². The maximum atomic E-state index is 12.2. The number of likely N-dealkylation sites (N-methyl/N-ethyl adjacent to an activating group) is 1. The molecule has 2 aromatic rings. The molecule has 1 aromatic heterocycles. The van der Waals surface area contributed by atoms with Crippen molar-refractivity contribution >= 4 is 17.9 Å². The van der Waals surface area contributed by atoms with Crippen molar-refractivity contribution in [3.8, 4) is 11.5 Å². The summed E-state index contributed by atoms with van der Waals surface area (Å²) < 4.78 is 15.6. The van der Waals surface area contributed by atoms with Gasteiger partial charge in [-0.1, -0.05) is 6.07 Å². The lowest BCUT2D eigenvalue weighted by atomic mass is 10.1. The molecule has 7 heteroatoms. The largest absolute Gasteiger partial charge is 0.459 e. The molecule has 0 aliphatic carbocycles. The second-order valence-electron chi connectivity index (χ2n) is 4.96. The third-order valence-electron chi connectivity index (χ3n) is 3.28. The number of hydrogen-bond donors (Lipinski definition) is 2. The minimum atomic E-state index is -0.502. The number of amides is 2. The highest BCUT2D eigenvalue weighted by atomic mass is 16.7. The van der Waals surface area contributed by atoms with Crippen molar-refractivity contribution in [2.24, 2.45) is 0 Å². The van der Waals surface area contributed by atoms with Crippen LogP contribution in [0.25, 0.3) is 6.08 Å². The molecule has 0 saturated heterocycles. The summed E-state index contributed by atoms with van der Waals surface area (Å²) in [7, 11) is 0. The molecule has 0 spiro atoms. The molecule has 2 N–H and O–H groups in total. The Balaban J connectivity index is 1.86.